The predicted octanol–water partition coefficient (Wildman–Crippen LogP) is 2.90. The molecule has 1 atom stereocenters. The number of halogens is 3. The highest BCUT2D eigenvalue weighted by atomic mass is 19.4. The van der Waals surface area contributed by atoms with E-state index in [-0.39, 0.29) is 24.0 Å². The fourth-order valence-corrected chi connectivity index (χ4v) is 2.56. The van der Waals surface area contributed by atoms with Crippen LogP contribution in [0, 0.1) is 5.41 Å². The minimum atomic E-state index is -4.76. The van der Waals surface area contributed by atoms with E-state index in [1.54, 1.807) is 12.3 Å². The largest absolute Gasteiger partial charge is 0.573 e. The van der Waals surface area contributed by atoms with Gasteiger partial charge in [-0.25, -0.2) is 4.79 Å². The maximum Gasteiger partial charge on any atom is 0.573 e. The van der Waals surface area contributed by atoms with Gasteiger partial charge in [0.1, 0.15) is 17.5 Å². The lowest BCUT2D eigenvalue weighted by Gasteiger charge is -2.15. The molecule has 1 amide bonds. The summed E-state index contributed by atoms with van der Waals surface area (Å²) in [6.45, 7) is 2.01. The molecule has 2 aromatic rings. The minimum absolute atomic E-state index is 0.0483. The zero-order valence-electron chi connectivity index (χ0n) is 14.7. The monoisotopic (exact) mass is 394 g/mol. The molecule has 1 unspecified atom stereocenters. The van der Waals surface area contributed by atoms with Crippen molar-refractivity contribution >= 4 is 6.03 Å². The van der Waals surface area contributed by atoms with Gasteiger partial charge in [0, 0.05) is 11.9 Å². The van der Waals surface area contributed by atoms with E-state index < -0.39 is 12.4 Å². The summed E-state index contributed by atoms with van der Waals surface area (Å²) in [7, 11) is 0. The molecule has 10 heteroatoms. The first-order chi connectivity index (χ1) is 13.2. The van der Waals surface area contributed by atoms with E-state index in [4.69, 9.17) is 10.1 Å². The molecule has 3 rings (SSSR count). The van der Waals surface area contributed by atoms with Crippen LogP contribution in [-0.4, -0.2) is 29.7 Å². The lowest BCUT2D eigenvalue weighted by atomic mass is 10.1. The number of amides is 1. The second kappa shape index (κ2) is 7.67. The van der Waals surface area contributed by atoms with E-state index in [0.717, 1.165) is 10.3 Å². The van der Waals surface area contributed by atoms with Gasteiger partial charge >= 0.3 is 12.4 Å². The Morgan fingerprint density at radius 3 is 2.54 bits per heavy atom. The molecule has 0 radical (unpaired) electrons. The van der Waals surface area contributed by atoms with Gasteiger partial charge in [-0.05, 0) is 42.3 Å². The second-order valence-electron chi connectivity index (χ2n) is 6.00. The summed E-state index contributed by atoms with van der Waals surface area (Å²) >= 11 is 0. The number of rotatable bonds is 4. The maximum absolute atomic E-state index is 12.4. The Hall–Kier alpha value is -3.43. The molecule has 1 aromatic carbocycles. The van der Waals surface area contributed by atoms with E-state index in [1.807, 2.05) is 6.92 Å². The van der Waals surface area contributed by atoms with Gasteiger partial charge in [0.2, 0.25) is 0 Å². The molecule has 0 bridgehead atoms. The van der Waals surface area contributed by atoms with Gasteiger partial charge in [-0.3, -0.25) is 9.98 Å². The number of aromatic nitrogens is 1. The molecule has 28 heavy (non-hydrogen) atoms. The quantitative estimate of drug-likeness (QED) is 0.744. The van der Waals surface area contributed by atoms with Gasteiger partial charge in [0.05, 0.1) is 6.54 Å². The third-order valence-electron chi connectivity index (χ3n) is 3.82. The Kier molecular flexibility index (Phi) is 5.30. The minimum Gasteiger partial charge on any atom is -0.475 e. The van der Waals surface area contributed by atoms with E-state index in [9.17, 15) is 18.0 Å². The van der Waals surface area contributed by atoms with E-state index in [0.29, 0.717) is 11.1 Å². The van der Waals surface area contributed by atoms with Crippen LogP contribution in [0.25, 0.3) is 11.1 Å². The molecule has 0 aliphatic carbocycles. The van der Waals surface area contributed by atoms with Gasteiger partial charge in [0.25, 0.3) is 0 Å². The molecular weight excluding hydrogens is 377 g/mol. The number of hydrogen-bond acceptors (Lipinski definition) is 5. The van der Waals surface area contributed by atoms with Gasteiger partial charge in [-0.1, -0.05) is 12.1 Å². The standard InChI is InChI=1S/C18H17F3N4O3/c1-11-10-27-16(24-11)8-23-17(26)25-9-13(4-7-15(25)22)12-2-5-14(6-3-12)28-18(19,20)21/h2-7,9-10,16,22,24H,8H2,1H3,(H,23,26). The summed E-state index contributed by atoms with van der Waals surface area (Å²) in [4.78, 5) is 12.4. The number of carbonyl (C=O) groups excluding carboxylic acids is 1. The highest BCUT2D eigenvalue weighted by Crippen LogP contribution is 2.26. The van der Waals surface area contributed by atoms with Crippen LogP contribution in [0.5, 0.6) is 5.75 Å². The molecule has 148 valence electrons. The number of carbonyl (C=O) groups is 1. The van der Waals surface area contributed by atoms with Crippen LogP contribution >= 0.6 is 0 Å². The molecule has 1 aliphatic heterocycles. The molecular formula is C18H17F3N4O3. The Labute approximate surface area is 157 Å². The molecule has 0 saturated heterocycles. The first-order valence-electron chi connectivity index (χ1n) is 8.22. The van der Waals surface area contributed by atoms with Crippen LogP contribution in [0.2, 0.25) is 0 Å². The van der Waals surface area contributed by atoms with Crippen molar-refractivity contribution in [3.05, 3.63) is 60.0 Å². The summed E-state index contributed by atoms with van der Waals surface area (Å²) in [5.41, 5.74) is 1.91. The summed E-state index contributed by atoms with van der Waals surface area (Å²) < 4.78 is 47.0. The molecule has 0 fully saturated rings. The molecule has 0 spiro atoms. The summed E-state index contributed by atoms with van der Waals surface area (Å²) in [5.74, 6) is -0.341. The Morgan fingerprint density at radius 1 is 1.25 bits per heavy atom. The fraction of sp³-hybridized carbons (Fsp3) is 0.222. The number of allylic oxidation sites excluding steroid dienone is 1. The molecule has 7 nitrogen and oxygen atoms in total. The number of nitrogens with zero attached hydrogens (tertiary/aromatic N) is 1. The van der Waals surface area contributed by atoms with Crippen LogP contribution in [0.4, 0.5) is 18.0 Å². The van der Waals surface area contributed by atoms with Crippen LogP contribution in [0.15, 0.2) is 54.6 Å². The molecule has 1 aliphatic rings. The normalized spacial score (nSPS) is 16.0. The highest BCUT2D eigenvalue weighted by molar-refractivity contribution is 5.78. The van der Waals surface area contributed by atoms with E-state index in [2.05, 4.69) is 15.4 Å². The number of pyridine rings is 1. The number of alkyl halides is 3. The SMILES string of the molecule is CC1=COC(CNC(=O)n2cc(-c3ccc(OC(F)(F)F)cc3)ccc2=N)N1. The van der Waals surface area contributed by atoms with Gasteiger partial charge in [0.15, 0.2) is 6.23 Å². The Morgan fingerprint density at radius 2 is 1.93 bits per heavy atom. The van der Waals surface area contributed by atoms with Crippen molar-refractivity contribution < 1.29 is 27.4 Å². The lowest BCUT2D eigenvalue weighted by Crippen LogP contribution is -2.42. The summed E-state index contributed by atoms with van der Waals surface area (Å²) in [6.07, 6.45) is -2.17. The van der Waals surface area contributed by atoms with Gasteiger partial charge < -0.3 is 20.1 Å². The number of benzene rings is 1. The van der Waals surface area contributed by atoms with Crippen LogP contribution < -0.4 is 20.9 Å². The van der Waals surface area contributed by atoms with Crippen molar-refractivity contribution in [3.8, 4) is 16.9 Å². The zero-order valence-corrected chi connectivity index (χ0v) is 14.7. The van der Waals surface area contributed by atoms with Crippen molar-refractivity contribution in [2.45, 2.75) is 19.5 Å². The molecule has 3 N–H and O–H groups in total. The Bertz CT molecular complexity index is 952. The van der Waals surface area contributed by atoms with Crippen molar-refractivity contribution in [2.24, 2.45) is 0 Å². The predicted molar refractivity (Wildman–Crippen MR) is 93.0 cm³/mol. The number of ether oxygens (including phenoxy) is 2. The van der Waals surface area contributed by atoms with Gasteiger partial charge in [-0.2, -0.15) is 0 Å². The average Bonchev–Trinajstić information content (AvgIpc) is 3.05. The van der Waals surface area contributed by atoms with Crippen molar-refractivity contribution in [2.75, 3.05) is 6.54 Å². The first-order valence-corrected chi connectivity index (χ1v) is 8.22. The second-order valence-corrected chi connectivity index (χ2v) is 6.00. The third-order valence-corrected chi connectivity index (χ3v) is 3.82. The number of hydrogen-bond donors (Lipinski definition) is 3. The molecule has 0 saturated carbocycles. The smallest absolute Gasteiger partial charge is 0.475 e. The fourth-order valence-electron chi connectivity index (χ4n) is 2.56. The zero-order chi connectivity index (χ0) is 20.3. The van der Waals surface area contributed by atoms with Crippen molar-refractivity contribution in [3.63, 3.8) is 0 Å². The lowest BCUT2D eigenvalue weighted by molar-refractivity contribution is -0.274. The first kappa shape index (κ1) is 19.3. The van der Waals surface area contributed by atoms with Crippen molar-refractivity contribution in [1.29, 1.82) is 5.41 Å². The average molecular weight is 394 g/mol. The number of nitrogens with one attached hydrogen (secondary N) is 3. The van der Waals surface area contributed by atoms with E-state index in [1.165, 1.54) is 36.5 Å². The van der Waals surface area contributed by atoms with Crippen LogP contribution in [-0.2, 0) is 4.74 Å². The van der Waals surface area contributed by atoms with Crippen LogP contribution in [0.1, 0.15) is 6.92 Å². The summed E-state index contributed by atoms with van der Waals surface area (Å²) in [6, 6.07) is 7.73. The Balaban J connectivity index is 1.72. The summed E-state index contributed by atoms with van der Waals surface area (Å²) in [5, 5.41) is 13.6. The van der Waals surface area contributed by atoms with E-state index >= 15 is 0 Å². The highest BCUT2D eigenvalue weighted by Gasteiger charge is 2.31. The third kappa shape index (κ3) is 4.84. The van der Waals surface area contributed by atoms with Crippen LogP contribution in [0.3, 0.4) is 0 Å². The molecule has 1 aromatic heterocycles. The maximum atomic E-state index is 12.4. The van der Waals surface area contributed by atoms with Crippen molar-refractivity contribution in [1.82, 2.24) is 15.2 Å². The van der Waals surface area contributed by atoms with Gasteiger partial charge in [-0.15, -0.1) is 13.2 Å². The topological polar surface area (TPSA) is 88.4 Å². The molecule has 2 heterocycles.